The first-order valence-corrected chi connectivity index (χ1v) is 7.12. The number of hydrogen-bond donors (Lipinski definition) is 1. The molecule has 0 aliphatic heterocycles. The average Bonchev–Trinajstić information content (AvgIpc) is 2.43. The standard InChI is InChI=1S/C14H15BrF2O4/c1-3-14(12(18)19,13(20)21-4-2)7-8-10(16)6-5-9(15)11(8)17/h5-6H,3-4,7H2,1-2H3,(H,18,19). The van der Waals surface area contributed by atoms with Gasteiger partial charge in [0.1, 0.15) is 11.6 Å². The molecular formula is C14H15BrF2O4. The lowest BCUT2D eigenvalue weighted by Gasteiger charge is -2.26. The van der Waals surface area contributed by atoms with Crippen LogP contribution in [0.25, 0.3) is 0 Å². The summed E-state index contributed by atoms with van der Waals surface area (Å²) in [5, 5.41) is 9.38. The Morgan fingerprint density at radius 1 is 1.33 bits per heavy atom. The van der Waals surface area contributed by atoms with Crippen molar-refractivity contribution in [2.45, 2.75) is 26.7 Å². The second kappa shape index (κ2) is 6.98. The van der Waals surface area contributed by atoms with Gasteiger partial charge >= 0.3 is 11.9 Å². The highest BCUT2D eigenvalue weighted by Crippen LogP contribution is 2.33. The van der Waals surface area contributed by atoms with Gasteiger partial charge in [0.2, 0.25) is 0 Å². The van der Waals surface area contributed by atoms with Gasteiger partial charge in [0.25, 0.3) is 0 Å². The Labute approximate surface area is 129 Å². The van der Waals surface area contributed by atoms with Crippen molar-refractivity contribution in [3.63, 3.8) is 0 Å². The van der Waals surface area contributed by atoms with Gasteiger partial charge < -0.3 is 9.84 Å². The summed E-state index contributed by atoms with van der Waals surface area (Å²) in [7, 11) is 0. The van der Waals surface area contributed by atoms with Gasteiger partial charge in [-0.25, -0.2) is 8.78 Å². The molecule has 0 saturated heterocycles. The highest BCUT2D eigenvalue weighted by atomic mass is 79.9. The minimum Gasteiger partial charge on any atom is -0.480 e. The Morgan fingerprint density at radius 2 is 1.95 bits per heavy atom. The summed E-state index contributed by atoms with van der Waals surface area (Å²) in [6.07, 6.45) is -0.763. The average molecular weight is 365 g/mol. The molecule has 0 amide bonds. The predicted octanol–water partition coefficient (Wildman–Crippen LogP) is 3.31. The van der Waals surface area contributed by atoms with Crippen LogP contribution in [0, 0.1) is 17.0 Å². The minimum absolute atomic E-state index is 0.00171. The molecule has 0 aromatic heterocycles. The summed E-state index contributed by atoms with van der Waals surface area (Å²) in [5.74, 6) is -4.29. The normalized spacial score (nSPS) is 13.6. The smallest absolute Gasteiger partial charge is 0.323 e. The van der Waals surface area contributed by atoms with Gasteiger partial charge in [-0.3, -0.25) is 9.59 Å². The molecule has 0 fully saturated rings. The number of carboxylic acids is 1. The van der Waals surface area contributed by atoms with Crippen LogP contribution in [-0.4, -0.2) is 23.7 Å². The van der Waals surface area contributed by atoms with Gasteiger partial charge in [-0.1, -0.05) is 6.92 Å². The van der Waals surface area contributed by atoms with Crippen molar-refractivity contribution in [1.29, 1.82) is 0 Å². The van der Waals surface area contributed by atoms with Crippen LogP contribution < -0.4 is 0 Å². The lowest BCUT2D eigenvalue weighted by Crippen LogP contribution is -2.42. The Kier molecular flexibility index (Phi) is 5.83. The van der Waals surface area contributed by atoms with Crippen molar-refractivity contribution < 1.29 is 28.2 Å². The van der Waals surface area contributed by atoms with Crippen molar-refractivity contribution in [2.75, 3.05) is 6.61 Å². The second-order valence-electron chi connectivity index (χ2n) is 4.46. The summed E-state index contributed by atoms with van der Waals surface area (Å²) in [4.78, 5) is 23.5. The molecule has 1 rings (SSSR count). The number of carboxylic acid groups (broad SMARTS) is 1. The maximum atomic E-state index is 14.0. The highest BCUT2D eigenvalue weighted by Gasteiger charge is 2.47. The van der Waals surface area contributed by atoms with Gasteiger partial charge in [-0.2, -0.15) is 0 Å². The molecule has 0 spiro atoms. The van der Waals surface area contributed by atoms with E-state index in [4.69, 9.17) is 4.74 Å². The van der Waals surface area contributed by atoms with Crippen LogP contribution in [0.1, 0.15) is 25.8 Å². The number of carbonyl (C=O) groups is 2. The molecule has 0 bridgehead atoms. The summed E-state index contributed by atoms with van der Waals surface area (Å²) >= 11 is 2.91. The zero-order chi connectivity index (χ0) is 16.2. The van der Waals surface area contributed by atoms with Crippen LogP contribution in [0.4, 0.5) is 8.78 Å². The Hall–Kier alpha value is -1.50. The van der Waals surface area contributed by atoms with E-state index in [0.29, 0.717) is 0 Å². The molecule has 1 unspecified atom stereocenters. The summed E-state index contributed by atoms with van der Waals surface area (Å²) in [6, 6.07) is 2.18. The highest BCUT2D eigenvalue weighted by molar-refractivity contribution is 9.10. The number of benzene rings is 1. The molecule has 0 saturated carbocycles. The quantitative estimate of drug-likeness (QED) is 0.477. The largest absolute Gasteiger partial charge is 0.480 e. The van der Waals surface area contributed by atoms with Crippen molar-refractivity contribution >= 4 is 27.9 Å². The maximum absolute atomic E-state index is 14.0. The molecule has 1 aromatic rings. The van der Waals surface area contributed by atoms with Gasteiger partial charge in [-0.05, 0) is 41.4 Å². The fourth-order valence-electron chi connectivity index (χ4n) is 1.96. The first-order valence-electron chi connectivity index (χ1n) is 6.33. The SMILES string of the molecule is CCOC(=O)C(CC)(Cc1c(F)ccc(Br)c1F)C(=O)O. The lowest BCUT2D eigenvalue weighted by molar-refractivity contribution is -0.169. The van der Waals surface area contributed by atoms with Gasteiger partial charge in [0.05, 0.1) is 11.1 Å². The van der Waals surface area contributed by atoms with Crippen LogP contribution in [0.5, 0.6) is 0 Å². The number of rotatable bonds is 6. The fraction of sp³-hybridized carbons (Fsp3) is 0.429. The van der Waals surface area contributed by atoms with E-state index in [1.807, 2.05) is 0 Å². The number of hydrogen-bond acceptors (Lipinski definition) is 3. The van der Waals surface area contributed by atoms with E-state index < -0.39 is 41.0 Å². The Bertz CT molecular complexity index is 562. The van der Waals surface area contributed by atoms with E-state index in [-0.39, 0.29) is 17.5 Å². The van der Waals surface area contributed by atoms with Crippen molar-refractivity contribution in [3.8, 4) is 0 Å². The summed E-state index contributed by atoms with van der Waals surface area (Å²) < 4.78 is 32.6. The van der Waals surface area contributed by atoms with Gasteiger partial charge in [0, 0.05) is 12.0 Å². The van der Waals surface area contributed by atoms with Crippen LogP contribution in [-0.2, 0) is 20.7 Å². The van der Waals surface area contributed by atoms with Crippen molar-refractivity contribution in [3.05, 3.63) is 33.8 Å². The van der Waals surface area contributed by atoms with E-state index >= 15 is 0 Å². The topological polar surface area (TPSA) is 63.6 Å². The third-order valence-corrected chi connectivity index (χ3v) is 3.91. The number of ether oxygens (including phenoxy) is 1. The first-order chi connectivity index (χ1) is 9.80. The monoisotopic (exact) mass is 364 g/mol. The van der Waals surface area contributed by atoms with E-state index in [0.717, 1.165) is 6.07 Å². The minimum atomic E-state index is -2.02. The molecule has 0 aliphatic carbocycles. The third kappa shape index (κ3) is 3.40. The summed E-state index contributed by atoms with van der Waals surface area (Å²) in [6.45, 7) is 2.97. The van der Waals surface area contributed by atoms with Crippen LogP contribution in [0.15, 0.2) is 16.6 Å². The van der Waals surface area contributed by atoms with Crippen LogP contribution >= 0.6 is 15.9 Å². The molecule has 1 aromatic carbocycles. The second-order valence-corrected chi connectivity index (χ2v) is 5.31. The van der Waals surface area contributed by atoms with E-state index in [2.05, 4.69) is 15.9 Å². The number of halogens is 3. The number of esters is 1. The van der Waals surface area contributed by atoms with Gasteiger partial charge in [-0.15, -0.1) is 0 Å². The number of carbonyl (C=O) groups excluding carboxylic acids is 1. The maximum Gasteiger partial charge on any atom is 0.323 e. The zero-order valence-corrected chi connectivity index (χ0v) is 13.2. The molecule has 1 atom stereocenters. The van der Waals surface area contributed by atoms with Crippen molar-refractivity contribution in [2.24, 2.45) is 5.41 Å². The molecule has 1 N–H and O–H groups in total. The third-order valence-electron chi connectivity index (χ3n) is 3.30. The fourth-order valence-corrected chi connectivity index (χ4v) is 2.33. The lowest BCUT2D eigenvalue weighted by atomic mass is 9.79. The van der Waals surface area contributed by atoms with E-state index in [1.54, 1.807) is 0 Å². The van der Waals surface area contributed by atoms with E-state index in [1.165, 1.54) is 19.9 Å². The summed E-state index contributed by atoms with van der Waals surface area (Å²) in [5.41, 5.74) is -2.47. The molecule has 0 radical (unpaired) electrons. The molecule has 4 nitrogen and oxygen atoms in total. The molecule has 0 heterocycles. The Morgan fingerprint density at radius 3 is 2.43 bits per heavy atom. The van der Waals surface area contributed by atoms with Crippen LogP contribution in [0.2, 0.25) is 0 Å². The zero-order valence-electron chi connectivity index (χ0n) is 11.6. The predicted molar refractivity (Wildman–Crippen MR) is 74.8 cm³/mol. The van der Waals surface area contributed by atoms with Gasteiger partial charge in [0.15, 0.2) is 5.41 Å². The molecule has 7 heteroatoms. The number of aliphatic carboxylic acids is 1. The van der Waals surface area contributed by atoms with Crippen LogP contribution in [0.3, 0.4) is 0 Å². The Balaban J connectivity index is 3.35. The first kappa shape index (κ1) is 17.6. The van der Waals surface area contributed by atoms with E-state index in [9.17, 15) is 23.5 Å². The molecular weight excluding hydrogens is 350 g/mol. The molecule has 0 aliphatic rings. The molecule has 21 heavy (non-hydrogen) atoms. The molecule has 116 valence electrons. The van der Waals surface area contributed by atoms with Crippen molar-refractivity contribution in [1.82, 2.24) is 0 Å².